The zero-order valence-electron chi connectivity index (χ0n) is 11.8. The summed E-state index contributed by atoms with van der Waals surface area (Å²) in [6.07, 6.45) is -2.10. The number of aromatic nitrogens is 1. The number of anilines is 1. The third kappa shape index (κ3) is 4.47. The second-order valence-electron chi connectivity index (χ2n) is 4.30. The molecule has 0 saturated carbocycles. The van der Waals surface area contributed by atoms with Crippen molar-refractivity contribution in [1.82, 2.24) is 4.98 Å². The van der Waals surface area contributed by atoms with Crippen molar-refractivity contribution in [2.75, 3.05) is 12.0 Å². The van der Waals surface area contributed by atoms with Gasteiger partial charge < -0.3 is 4.74 Å². The molecule has 22 heavy (non-hydrogen) atoms. The first-order valence-electron chi connectivity index (χ1n) is 6.54. The van der Waals surface area contributed by atoms with Gasteiger partial charge in [-0.1, -0.05) is 0 Å². The SMILES string of the molecule is CCOc1ccc(/C=N\Nc2ccc(C(F)(F)F)cn2)cc1. The molecule has 116 valence electrons. The standard InChI is InChI=1S/C15H14F3N3O/c1-2-22-13-6-3-11(4-7-13)9-20-21-14-8-5-12(10-19-14)15(16,17)18/h3-10H,2H2,1H3,(H,19,21)/b20-9-. The number of nitrogens with zero attached hydrogens (tertiary/aromatic N) is 2. The number of halogens is 3. The molecule has 0 spiro atoms. The van der Waals surface area contributed by atoms with Crippen LogP contribution in [0.1, 0.15) is 18.1 Å². The van der Waals surface area contributed by atoms with Gasteiger partial charge in [0.25, 0.3) is 0 Å². The highest BCUT2D eigenvalue weighted by atomic mass is 19.4. The van der Waals surface area contributed by atoms with E-state index in [1.807, 2.05) is 19.1 Å². The number of hydrogen-bond acceptors (Lipinski definition) is 4. The van der Waals surface area contributed by atoms with E-state index < -0.39 is 11.7 Å². The first-order chi connectivity index (χ1) is 10.5. The molecule has 0 radical (unpaired) electrons. The van der Waals surface area contributed by atoms with Crippen LogP contribution in [0.25, 0.3) is 0 Å². The second kappa shape index (κ2) is 6.93. The van der Waals surface area contributed by atoms with Crippen molar-refractivity contribution in [3.8, 4) is 5.75 Å². The highest BCUT2D eigenvalue weighted by Gasteiger charge is 2.30. The van der Waals surface area contributed by atoms with Crippen LogP contribution >= 0.6 is 0 Å². The molecule has 0 atom stereocenters. The summed E-state index contributed by atoms with van der Waals surface area (Å²) in [7, 11) is 0. The van der Waals surface area contributed by atoms with Crippen LogP contribution in [0.15, 0.2) is 47.7 Å². The minimum atomic E-state index is -4.39. The smallest absolute Gasteiger partial charge is 0.417 e. The van der Waals surface area contributed by atoms with Crippen LogP contribution in [0.4, 0.5) is 19.0 Å². The van der Waals surface area contributed by atoms with Gasteiger partial charge in [-0.05, 0) is 48.9 Å². The zero-order chi connectivity index (χ0) is 16.0. The van der Waals surface area contributed by atoms with Crippen LogP contribution in [0, 0.1) is 0 Å². The predicted octanol–water partition coefficient (Wildman–Crippen LogP) is 3.95. The average molecular weight is 309 g/mol. The monoisotopic (exact) mass is 309 g/mol. The van der Waals surface area contributed by atoms with Gasteiger partial charge >= 0.3 is 6.18 Å². The van der Waals surface area contributed by atoms with Gasteiger partial charge in [0.05, 0.1) is 18.4 Å². The molecule has 1 aromatic carbocycles. The van der Waals surface area contributed by atoms with Gasteiger partial charge in [-0.25, -0.2) is 4.98 Å². The molecule has 4 nitrogen and oxygen atoms in total. The summed E-state index contributed by atoms with van der Waals surface area (Å²) in [6.45, 7) is 2.49. The number of benzene rings is 1. The van der Waals surface area contributed by atoms with Crippen LogP contribution in [-0.4, -0.2) is 17.8 Å². The molecule has 2 aromatic rings. The van der Waals surface area contributed by atoms with E-state index in [9.17, 15) is 13.2 Å². The summed E-state index contributed by atoms with van der Waals surface area (Å²) in [4.78, 5) is 3.65. The van der Waals surface area contributed by atoms with E-state index in [2.05, 4.69) is 15.5 Å². The number of hydrazone groups is 1. The Balaban J connectivity index is 1.94. The molecule has 1 heterocycles. The second-order valence-corrected chi connectivity index (χ2v) is 4.30. The molecule has 0 aliphatic heterocycles. The summed E-state index contributed by atoms with van der Waals surface area (Å²) < 4.78 is 42.5. The van der Waals surface area contributed by atoms with Crippen LogP contribution in [0.2, 0.25) is 0 Å². The third-order valence-corrected chi connectivity index (χ3v) is 2.67. The average Bonchev–Trinajstić information content (AvgIpc) is 2.49. The highest BCUT2D eigenvalue weighted by molar-refractivity contribution is 5.80. The van der Waals surface area contributed by atoms with E-state index in [1.54, 1.807) is 12.1 Å². The number of pyridine rings is 1. The number of rotatable bonds is 5. The van der Waals surface area contributed by atoms with Gasteiger partial charge in [0.15, 0.2) is 0 Å². The Hall–Kier alpha value is -2.57. The molecule has 0 unspecified atom stereocenters. The van der Waals surface area contributed by atoms with Crippen molar-refractivity contribution >= 4 is 12.0 Å². The normalized spacial score (nSPS) is 11.6. The first-order valence-corrected chi connectivity index (χ1v) is 6.54. The van der Waals surface area contributed by atoms with Crippen molar-refractivity contribution in [3.05, 3.63) is 53.7 Å². The van der Waals surface area contributed by atoms with E-state index >= 15 is 0 Å². The van der Waals surface area contributed by atoms with Crippen molar-refractivity contribution in [3.63, 3.8) is 0 Å². The highest BCUT2D eigenvalue weighted by Crippen LogP contribution is 2.28. The van der Waals surface area contributed by atoms with Crippen LogP contribution in [-0.2, 0) is 6.18 Å². The van der Waals surface area contributed by atoms with E-state index in [0.29, 0.717) is 6.61 Å². The number of ether oxygens (including phenoxy) is 1. The van der Waals surface area contributed by atoms with Gasteiger partial charge in [0.2, 0.25) is 0 Å². The molecule has 0 bridgehead atoms. The fourth-order valence-electron chi connectivity index (χ4n) is 1.62. The molecule has 7 heteroatoms. The van der Waals surface area contributed by atoms with Crippen molar-refractivity contribution in [2.45, 2.75) is 13.1 Å². The molecular weight excluding hydrogens is 295 g/mol. The van der Waals surface area contributed by atoms with Crippen molar-refractivity contribution in [2.24, 2.45) is 5.10 Å². The minimum Gasteiger partial charge on any atom is -0.494 e. The summed E-state index contributed by atoms with van der Waals surface area (Å²) in [5.41, 5.74) is 2.60. The number of nitrogens with one attached hydrogen (secondary N) is 1. The molecule has 0 aliphatic rings. The van der Waals surface area contributed by atoms with Gasteiger partial charge in [-0.2, -0.15) is 18.3 Å². The summed E-state index contributed by atoms with van der Waals surface area (Å²) in [6, 6.07) is 9.41. The van der Waals surface area contributed by atoms with Crippen LogP contribution in [0.3, 0.4) is 0 Å². The van der Waals surface area contributed by atoms with E-state index in [4.69, 9.17) is 4.74 Å². The molecule has 0 amide bonds. The lowest BCUT2D eigenvalue weighted by Crippen LogP contribution is -2.05. The number of alkyl halides is 3. The van der Waals surface area contributed by atoms with Crippen molar-refractivity contribution in [1.29, 1.82) is 0 Å². The quantitative estimate of drug-likeness (QED) is 0.672. The van der Waals surface area contributed by atoms with E-state index in [1.165, 1.54) is 12.3 Å². The lowest BCUT2D eigenvalue weighted by Gasteiger charge is -2.06. The van der Waals surface area contributed by atoms with Crippen LogP contribution < -0.4 is 10.2 Å². The molecule has 0 saturated heterocycles. The fourth-order valence-corrected chi connectivity index (χ4v) is 1.62. The Bertz CT molecular complexity index is 622. The maximum atomic E-state index is 12.4. The molecule has 0 aliphatic carbocycles. The topological polar surface area (TPSA) is 46.5 Å². The van der Waals surface area contributed by atoms with Gasteiger partial charge in [-0.15, -0.1) is 0 Å². The van der Waals surface area contributed by atoms with Gasteiger partial charge in [0.1, 0.15) is 11.6 Å². The maximum Gasteiger partial charge on any atom is 0.417 e. The Morgan fingerprint density at radius 3 is 2.45 bits per heavy atom. The lowest BCUT2D eigenvalue weighted by atomic mass is 10.2. The molecular formula is C15H14F3N3O. The number of hydrogen-bond donors (Lipinski definition) is 1. The summed E-state index contributed by atoms with van der Waals surface area (Å²) in [5.74, 6) is 0.993. The zero-order valence-corrected chi connectivity index (χ0v) is 11.8. The minimum absolute atomic E-state index is 0.232. The van der Waals surface area contributed by atoms with E-state index in [0.717, 1.165) is 23.6 Å². The Morgan fingerprint density at radius 2 is 1.91 bits per heavy atom. The predicted molar refractivity (Wildman–Crippen MR) is 78.1 cm³/mol. The maximum absolute atomic E-state index is 12.4. The van der Waals surface area contributed by atoms with Crippen molar-refractivity contribution < 1.29 is 17.9 Å². The molecule has 1 N–H and O–H groups in total. The lowest BCUT2D eigenvalue weighted by molar-refractivity contribution is -0.137. The van der Waals surface area contributed by atoms with Crippen LogP contribution in [0.5, 0.6) is 5.75 Å². The fraction of sp³-hybridized carbons (Fsp3) is 0.200. The van der Waals surface area contributed by atoms with E-state index in [-0.39, 0.29) is 5.82 Å². The summed E-state index contributed by atoms with van der Waals surface area (Å²) in [5, 5.41) is 3.92. The van der Waals surface area contributed by atoms with Gasteiger partial charge in [-0.3, -0.25) is 5.43 Å². The Kier molecular flexibility index (Phi) is 4.98. The molecule has 0 fully saturated rings. The first kappa shape index (κ1) is 15.8. The Labute approximate surface area is 125 Å². The van der Waals surface area contributed by atoms with Gasteiger partial charge in [0, 0.05) is 6.20 Å². The largest absolute Gasteiger partial charge is 0.494 e. The molecule has 1 aromatic heterocycles. The molecule has 2 rings (SSSR count). The summed E-state index contributed by atoms with van der Waals surface area (Å²) >= 11 is 0. The Morgan fingerprint density at radius 1 is 1.18 bits per heavy atom. The third-order valence-electron chi connectivity index (χ3n) is 2.67.